The SMILES string of the molecule is CC(C)CNc1c(CN)c(-c2ccc(Cl)cc2Cl)cn2c(N3CCOCC3)cnc12. The van der Waals surface area contributed by atoms with Gasteiger partial charge in [-0.05, 0) is 18.1 Å². The van der Waals surface area contributed by atoms with Gasteiger partial charge < -0.3 is 20.7 Å². The molecule has 0 unspecified atom stereocenters. The Hall–Kier alpha value is -1.99. The summed E-state index contributed by atoms with van der Waals surface area (Å²) in [7, 11) is 0. The molecule has 3 N–H and O–H groups in total. The molecule has 1 aliphatic rings. The van der Waals surface area contributed by atoms with E-state index in [0.29, 0.717) is 35.7 Å². The van der Waals surface area contributed by atoms with Gasteiger partial charge in [0.1, 0.15) is 5.82 Å². The number of nitrogens with one attached hydrogen (secondary N) is 1. The summed E-state index contributed by atoms with van der Waals surface area (Å²) in [5, 5.41) is 4.79. The van der Waals surface area contributed by atoms with Gasteiger partial charge in [0, 0.05) is 59.1 Å². The van der Waals surface area contributed by atoms with E-state index in [1.807, 2.05) is 18.3 Å². The lowest BCUT2D eigenvalue weighted by Gasteiger charge is -2.28. The minimum absolute atomic E-state index is 0.366. The van der Waals surface area contributed by atoms with E-state index in [9.17, 15) is 0 Å². The summed E-state index contributed by atoms with van der Waals surface area (Å²) >= 11 is 12.7. The topological polar surface area (TPSA) is 67.8 Å². The van der Waals surface area contributed by atoms with Gasteiger partial charge in [0.05, 0.1) is 25.1 Å². The number of aromatic nitrogens is 2. The van der Waals surface area contributed by atoms with Crippen molar-refractivity contribution < 1.29 is 4.74 Å². The number of halogens is 2. The van der Waals surface area contributed by atoms with Gasteiger partial charge in [-0.15, -0.1) is 0 Å². The predicted molar refractivity (Wildman–Crippen MR) is 125 cm³/mol. The van der Waals surface area contributed by atoms with Crippen LogP contribution in [0.2, 0.25) is 10.0 Å². The summed E-state index contributed by atoms with van der Waals surface area (Å²) < 4.78 is 7.66. The summed E-state index contributed by atoms with van der Waals surface area (Å²) in [5.41, 5.74) is 10.9. The number of benzene rings is 1. The fourth-order valence-electron chi connectivity index (χ4n) is 3.81. The average Bonchev–Trinajstić information content (AvgIpc) is 3.15. The first-order valence-corrected chi connectivity index (χ1v) is 11.0. The molecule has 0 amide bonds. The van der Waals surface area contributed by atoms with E-state index in [4.69, 9.17) is 38.7 Å². The maximum Gasteiger partial charge on any atom is 0.162 e. The molecule has 30 heavy (non-hydrogen) atoms. The van der Waals surface area contributed by atoms with Gasteiger partial charge in [0.25, 0.3) is 0 Å². The molecule has 1 aliphatic heterocycles. The Kier molecular flexibility index (Phi) is 6.39. The number of fused-ring (bicyclic) bond motifs is 1. The summed E-state index contributed by atoms with van der Waals surface area (Å²) in [6, 6.07) is 5.56. The first-order valence-electron chi connectivity index (χ1n) is 10.2. The molecule has 0 aliphatic carbocycles. The lowest BCUT2D eigenvalue weighted by molar-refractivity contribution is 0.122. The fourth-order valence-corrected chi connectivity index (χ4v) is 4.32. The van der Waals surface area contributed by atoms with Crippen molar-refractivity contribution in [2.45, 2.75) is 20.4 Å². The second kappa shape index (κ2) is 9.02. The van der Waals surface area contributed by atoms with E-state index in [0.717, 1.165) is 53.5 Å². The second-order valence-corrected chi connectivity index (χ2v) is 8.75. The summed E-state index contributed by atoms with van der Waals surface area (Å²) in [4.78, 5) is 7.06. The van der Waals surface area contributed by atoms with Crippen LogP contribution in [0.5, 0.6) is 0 Å². The van der Waals surface area contributed by atoms with Crippen molar-refractivity contribution >= 4 is 40.4 Å². The van der Waals surface area contributed by atoms with Crippen LogP contribution in [0.3, 0.4) is 0 Å². The highest BCUT2D eigenvalue weighted by Crippen LogP contribution is 2.38. The summed E-state index contributed by atoms with van der Waals surface area (Å²) in [6.07, 6.45) is 4.01. The van der Waals surface area contributed by atoms with Gasteiger partial charge in [-0.3, -0.25) is 4.40 Å². The molecule has 160 valence electrons. The zero-order chi connectivity index (χ0) is 21.3. The number of nitrogens with zero attached hydrogens (tertiary/aromatic N) is 3. The van der Waals surface area contributed by atoms with Crippen molar-refractivity contribution in [1.29, 1.82) is 0 Å². The van der Waals surface area contributed by atoms with E-state index in [1.165, 1.54) is 0 Å². The summed E-state index contributed by atoms with van der Waals surface area (Å²) in [6.45, 7) is 8.63. The number of pyridine rings is 1. The number of hydrogen-bond acceptors (Lipinski definition) is 5. The highest BCUT2D eigenvalue weighted by molar-refractivity contribution is 6.36. The quantitative estimate of drug-likeness (QED) is 0.574. The number of morpholine rings is 1. The molecule has 0 spiro atoms. The third-order valence-electron chi connectivity index (χ3n) is 5.33. The van der Waals surface area contributed by atoms with Crippen LogP contribution in [0.4, 0.5) is 11.5 Å². The third kappa shape index (κ3) is 4.10. The molecule has 1 saturated heterocycles. The van der Waals surface area contributed by atoms with Crippen molar-refractivity contribution in [1.82, 2.24) is 9.38 Å². The molecular weight excluding hydrogens is 421 g/mol. The van der Waals surface area contributed by atoms with Crippen LogP contribution in [0.25, 0.3) is 16.8 Å². The highest BCUT2D eigenvalue weighted by Gasteiger charge is 2.22. The van der Waals surface area contributed by atoms with E-state index < -0.39 is 0 Å². The molecule has 6 nitrogen and oxygen atoms in total. The monoisotopic (exact) mass is 447 g/mol. The maximum atomic E-state index is 6.59. The molecule has 1 fully saturated rings. The van der Waals surface area contributed by atoms with Gasteiger partial charge in [0.2, 0.25) is 0 Å². The predicted octanol–water partition coefficient (Wildman–Crippen LogP) is 4.67. The molecule has 1 aromatic carbocycles. The number of nitrogens with two attached hydrogens (primary N) is 1. The van der Waals surface area contributed by atoms with Crippen LogP contribution < -0.4 is 16.0 Å². The van der Waals surface area contributed by atoms with Gasteiger partial charge >= 0.3 is 0 Å². The minimum atomic E-state index is 0.366. The number of rotatable bonds is 6. The first kappa shape index (κ1) is 21.2. The number of anilines is 2. The van der Waals surface area contributed by atoms with Gasteiger partial charge in [0.15, 0.2) is 5.65 Å². The highest BCUT2D eigenvalue weighted by atomic mass is 35.5. The fraction of sp³-hybridized carbons (Fsp3) is 0.409. The molecule has 3 heterocycles. The summed E-state index contributed by atoms with van der Waals surface area (Å²) in [5.74, 6) is 1.52. The van der Waals surface area contributed by atoms with Crippen molar-refractivity contribution in [3.8, 4) is 11.1 Å². The van der Waals surface area contributed by atoms with Crippen LogP contribution in [0.1, 0.15) is 19.4 Å². The van der Waals surface area contributed by atoms with Crippen molar-refractivity contribution in [3.05, 3.63) is 46.2 Å². The normalized spacial score (nSPS) is 14.7. The molecule has 0 radical (unpaired) electrons. The molecule has 0 atom stereocenters. The third-order valence-corrected chi connectivity index (χ3v) is 5.88. The number of imidazole rings is 1. The zero-order valence-corrected chi connectivity index (χ0v) is 18.8. The maximum absolute atomic E-state index is 6.59. The second-order valence-electron chi connectivity index (χ2n) is 7.91. The molecule has 2 aromatic heterocycles. The van der Waals surface area contributed by atoms with E-state index in [-0.39, 0.29) is 0 Å². The minimum Gasteiger partial charge on any atom is -0.381 e. The molecule has 0 bridgehead atoms. The van der Waals surface area contributed by atoms with Gasteiger partial charge in [-0.2, -0.15) is 0 Å². The molecular formula is C22H27Cl2N5O. The van der Waals surface area contributed by atoms with Crippen LogP contribution in [0.15, 0.2) is 30.6 Å². The Labute approximate surface area is 186 Å². The standard InChI is InChI=1S/C22H27Cl2N5O/c1-14(2)11-26-21-17(10-25)18(16-4-3-15(23)9-19(16)24)13-29-20(12-27-22(21)29)28-5-7-30-8-6-28/h3-4,9,12-14,26H,5-8,10-11,25H2,1-2H3. The smallest absolute Gasteiger partial charge is 0.162 e. The molecule has 8 heteroatoms. The van der Waals surface area contributed by atoms with Gasteiger partial charge in [-0.1, -0.05) is 43.1 Å². The Balaban J connectivity index is 1.94. The van der Waals surface area contributed by atoms with Crippen molar-refractivity contribution in [2.75, 3.05) is 43.1 Å². The van der Waals surface area contributed by atoms with E-state index in [1.54, 1.807) is 6.07 Å². The van der Waals surface area contributed by atoms with E-state index >= 15 is 0 Å². The lowest BCUT2D eigenvalue weighted by atomic mass is 10.00. The van der Waals surface area contributed by atoms with Gasteiger partial charge in [-0.25, -0.2) is 4.98 Å². The van der Waals surface area contributed by atoms with E-state index in [2.05, 4.69) is 34.7 Å². The Morgan fingerprint density at radius 2 is 1.97 bits per heavy atom. The largest absolute Gasteiger partial charge is 0.381 e. The zero-order valence-electron chi connectivity index (χ0n) is 17.3. The molecule has 4 rings (SSSR count). The lowest BCUT2D eigenvalue weighted by Crippen LogP contribution is -2.36. The molecule has 0 saturated carbocycles. The Morgan fingerprint density at radius 3 is 2.63 bits per heavy atom. The Morgan fingerprint density at radius 1 is 1.20 bits per heavy atom. The van der Waals surface area contributed by atoms with Crippen LogP contribution in [-0.2, 0) is 11.3 Å². The number of hydrogen-bond donors (Lipinski definition) is 2. The van der Waals surface area contributed by atoms with Crippen LogP contribution >= 0.6 is 23.2 Å². The van der Waals surface area contributed by atoms with Crippen LogP contribution in [0, 0.1) is 5.92 Å². The van der Waals surface area contributed by atoms with Crippen molar-refractivity contribution in [3.63, 3.8) is 0 Å². The van der Waals surface area contributed by atoms with Crippen molar-refractivity contribution in [2.24, 2.45) is 11.7 Å². The molecule has 3 aromatic rings. The average molecular weight is 448 g/mol. The van der Waals surface area contributed by atoms with Crippen LogP contribution in [-0.4, -0.2) is 42.2 Å². The Bertz CT molecular complexity index is 1040. The first-order chi connectivity index (χ1) is 14.5. The number of ether oxygens (including phenoxy) is 1.